The molecule has 0 spiro atoms. The summed E-state index contributed by atoms with van der Waals surface area (Å²) in [7, 11) is 1.66. The molecule has 0 N–H and O–H groups in total. The molecule has 1 aromatic carbocycles. The maximum atomic E-state index is 12.9. The highest BCUT2D eigenvalue weighted by atomic mass is 35.5. The average molecular weight is 419 g/mol. The van der Waals surface area contributed by atoms with Gasteiger partial charge in [-0.3, -0.25) is 13.9 Å². The standard InChI is InChI=1S/C21H27ClN4O3/c1-3-12-25-15-23-19-18(25)20(27)26(21(28)24(19)2)13-6-4-5-7-14-29-17-10-8-16(22)9-11-17/h8-11,15H,3-7,12-14H2,1-2H3. The molecule has 2 heterocycles. The van der Waals surface area contributed by atoms with E-state index in [4.69, 9.17) is 16.3 Å². The van der Waals surface area contributed by atoms with Crippen molar-refractivity contribution < 1.29 is 4.74 Å². The number of aryl methyl sites for hydroxylation is 2. The number of imidazole rings is 1. The van der Waals surface area contributed by atoms with Crippen LogP contribution in [0.25, 0.3) is 11.2 Å². The second-order valence-corrected chi connectivity index (χ2v) is 7.56. The van der Waals surface area contributed by atoms with Crippen molar-refractivity contribution in [2.24, 2.45) is 7.05 Å². The maximum Gasteiger partial charge on any atom is 0.332 e. The second-order valence-electron chi connectivity index (χ2n) is 7.13. The number of rotatable bonds is 10. The molecule has 29 heavy (non-hydrogen) atoms. The Hall–Kier alpha value is -2.54. The summed E-state index contributed by atoms with van der Waals surface area (Å²) in [4.78, 5) is 29.7. The Bertz CT molecular complexity index is 1070. The largest absolute Gasteiger partial charge is 0.494 e. The van der Waals surface area contributed by atoms with Gasteiger partial charge in [-0.05, 0) is 43.5 Å². The number of nitrogens with zero attached hydrogens (tertiary/aromatic N) is 4. The Balaban J connectivity index is 1.54. The third-order valence-corrected chi connectivity index (χ3v) is 5.18. The zero-order valence-electron chi connectivity index (χ0n) is 16.9. The van der Waals surface area contributed by atoms with Gasteiger partial charge in [0.05, 0.1) is 12.9 Å². The van der Waals surface area contributed by atoms with Gasteiger partial charge in [0.25, 0.3) is 5.56 Å². The number of halogens is 1. The van der Waals surface area contributed by atoms with Crippen molar-refractivity contribution in [2.75, 3.05) is 6.61 Å². The summed E-state index contributed by atoms with van der Waals surface area (Å²) in [6, 6.07) is 7.31. The first kappa shape index (κ1) is 21.2. The Morgan fingerprint density at radius 2 is 1.76 bits per heavy atom. The molecule has 0 amide bonds. The lowest BCUT2D eigenvalue weighted by molar-refractivity contribution is 0.304. The molecule has 0 unspecified atom stereocenters. The fourth-order valence-corrected chi connectivity index (χ4v) is 3.50. The quantitative estimate of drug-likeness (QED) is 0.471. The van der Waals surface area contributed by atoms with Crippen LogP contribution in [0.4, 0.5) is 0 Å². The predicted molar refractivity (Wildman–Crippen MR) is 115 cm³/mol. The molecule has 0 aliphatic heterocycles. The van der Waals surface area contributed by atoms with Gasteiger partial charge in [-0.25, -0.2) is 9.78 Å². The molecule has 0 saturated heterocycles. The maximum absolute atomic E-state index is 12.9. The molecule has 0 bridgehead atoms. The van der Waals surface area contributed by atoms with E-state index in [-0.39, 0.29) is 11.2 Å². The molecule has 0 fully saturated rings. The fraction of sp³-hybridized carbons (Fsp3) is 0.476. The van der Waals surface area contributed by atoms with Crippen molar-refractivity contribution in [3.8, 4) is 5.75 Å². The highest BCUT2D eigenvalue weighted by Crippen LogP contribution is 2.16. The van der Waals surface area contributed by atoms with Gasteiger partial charge in [0.15, 0.2) is 11.2 Å². The van der Waals surface area contributed by atoms with Crippen LogP contribution >= 0.6 is 11.6 Å². The molecular weight excluding hydrogens is 392 g/mol. The van der Waals surface area contributed by atoms with Crippen LogP contribution in [0.1, 0.15) is 39.0 Å². The Morgan fingerprint density at radius 3 is 2.48 bits per heavy atom. The van der Waals surface area contributed by atoms with Crippen molar-refractivity contribution in [1.29, 1.82) is 0 Å². The minimum Gasteiger partial charge on any atom is -0.494 e. The summed E-state index contributed by atoms with van der Waals surface area (Å²) in [6.45, 7) is 3.79. The van der Waals surface area contributed by atoms with Crippen LogP contribution in [0, 0.1) is 0 Å². The smallest absolute Gasteiger partial charge is 0.332 e. The van der Waals surface area contributed by atoms with Gasteiger partial charge in [-0.1, -0.05) is 31.4 Å². The van der Waals surface area contributed by atoms with Crippen LogP contribution in [-0.4, -0.2) is 25.3 Å². The van der Waals surface area contributed by atoms with Gasteiger partial charge < -0.3 is 9.30 Å². The topological polar surface area (TPSA) is 71.1 Å². The van der Waals surface area contributed by atoms with Crippen LogP contribution in [0.5, 0.6) is 5.75 Å². The zero-order valence-corrected chi connectivity index (χ0v) is 17.7. The van der Waals surface area contributed by atoms with Gasteiger partial charge in [-0.15, -0.1) is 0 Å². The van der Waals surface area contributed by atoms with E-state index in [1.54, 1.807) is 25.5 Å². The Labute approximate surface area is 174 Å². The summed E-state index contributed by atoms with van der Waals surface area (Å²) in [6.07, 6.45) is 6.11. The van der Waals surface area contributed by atoms with Crippen molar-refractivity contribution >= 4 is 22.8 Å². The van der Waals surface area contributed by atoms with Crippen molar-refractivity contribution in [3.63, 3.8) is 0 Å². The number of unbranched alkanes of at least 4 members (excludes halogenated alkanes) is 3. The third kappa shape index (κ3) is 4.90. The first-order valence-corrected chi connectivity index (χ1v) is 10.4. The lowest BCUT2D eigenvalue weighted by Crippen LogP contribution is -2.39. The fourth-order valence-electron chi connectivity index (χ4n) is 3.38. The first-order valence-electron chi connectivity index (χ1n) is 10.1. The van der Waals surface area contributed by atoms with Gasteiger partial charge in [0, 0.05) is 25.2 Å². The molecule has 3 rings (SSSR count). The summed E-state index contributed by atoms with van der Waals surface area (Å²) < 4.78 is 10.3. The Kier molecular flexibility index (Phi) is 7.14. The highest BCUT2D eigenvalue weighted by Gasteiger charge is 2.15. The molecule has 2 aromatic heterocycles. The molecule has 7 nitrogen and oxygen atoms in total. The van der Waals surface area contributed by atoms with E-state index < -0.39 is 0 Å². The minimum absolute atomic E-state index is 0.250. The number of hydrogen-bond acceptors (Lipinski definition) is 4. The lowest BCUT2D eigenvalue weighted by atomic mass is 10.2. The molecule has 3 aromatic rings. The first-order chi connectivity index (χ1) is 14.0. The molecule has 156 valence electrons. The van der Waals surface area contributed by atoms with E-state index in [1.807, 2.05) is 23.6 Å². The molecule has 0 aliphatic carbocycles. The van der Waals surface area contributed by atoms with Gasteiger partial charge in [0.1, 0.15) is 5.75 Å². The predicted octanol–water partition coefficient (Wildman–Crippen LogP) is 3.60. The number of ether oxygens (including phenoxy) is 1. The molecule has 0 radical (unpaired) electrons. The Morgan fingerprint density at radius 1 is 1.03 bits per heavy atom. The van der Waals surface area contributed by atoms with E-state index in [1.165, 1.54) is 9.13 Å². The van der Waals surface area contributed by atoms with E-state index in [0.29, 0.717) is 35.9 Å². The van der Waals surface area contributed by atoms with Crippen molar-refractivity contribution in [3.05, 3.63) is 56.5 Å². The molecule has 8 heteroatoms. The van der Waals surface area contributed by atoms with Crippen LogP contribution in [0.3, 0.4) is 0 Å². The molecular formula is C21H27ClN4O3. The number of aromatic nitrogens is 4. The van der Waals surface area contributed by atoms with E-state index in [0.717, 1.165) is 37.9 Å². The third-order valence-electron chi connectivity index (χ3n) is 4.92. The second kappa shape index (κ2) is 9.78. The minimum atomic E-state index is -0.310. The molecule has 0 atom stereocenters. The van der Waals surface area contributed by atoms with Gasteiger partial charge in [-0.2, -0.15) is 0 Å². The van der Waals surface area contributed by atoms with Crippen LogP contribution in [-0.2, 0) is 20.1 Å². The molecule has 0 aliphatic rings. The number of hydrogen-bond donors (Lipinski definition) is 0. The number of benzene rings is 1. The monoisotopic (exact) mass is 418 g/mol. The SMILES string of the molecule is CCCn1cnc2c1c(=O)n(CCCCCCOc1ccc(Cl)cc1)c(=O)n2C. The van der Waals surface area contributed by atoms with Crippen LogP contribution in [0.15, 0.2) is 40.2 Å². The van der Waals surface area contributed by atoms with E-state index in [2.05, 4.69) is 4.98 Å². The highest BCUT2D eigenvalue weighted by molar-refractivity contribution is 6.30. The zero-order chi connectivity index (χ0) is 20.8. The summed E-state index contributed by atoms with van der Waals surface area (Å²) in [5.41, 5.74) is 0.393. The molecule has 0 saturated carbocycles. The summed E-state index contributed by atoms with van der Waals surface area (Å²) >= 11 is 5.85. The van der Waals surface area contributed by atoms with E-state index >= 15 is 0 Å². The van der Waals surface area contributed by atoms with Gasteiger partial charge in [0.2, 0.25) is 0 Å². The van der Waals surface area contributed by atoms with Crippen LogP contribution < -0.4 is 16.0 Å². The van der Waals surface area contributed by atoms with E-state index in [9.17, 15) is 9.59 Å². The number of fused-ring (bicyclic) bond motifs is 1. The van der Waals surface area contributed by atoms with Crippen LogP contribution in [0.2, 0.25) is 5.02 Å². The summed E-state index contributed by atoms with van der Waals surface area (Å²) in [5, 5.41) is 0.690. The average Bonchev–Trinajstić information content (AvgIpc) is 3.13. The summed E-state index contributed by atoms with van der Waals surface area (Å²) in [5.74, 6) is 0.807. The van der Waals surface area contributed by atoms with Crippen molar-refractivity contribution in [2.45, 2.75) is 52.1 Å². The van der Waals surface area contributed by atoms with Crippen molar-refractivity contribution in [1.82, 2.24) is 18.7 Å². The normalized spacial score (nSPS) is 11.3. The lowest BCUT2D eigenvalue weighted by Gasteiger charge is -2.10. The van der Waals surface area contributed by atoms with Gasteiger partial charge >= 0.3 is 5.69 Å².